The molecule has 0 unspecified atom stereocenters. The number of carboxylic acid groups (broad SMARTS) is 1. The highest BCUT2D eigenvalue weighted by Crippen LogP contribution is 2.40. The Morgan fingerprint density at radius 1 is 1.29 bits per heavy atom. The molecule has 0 atom stereocenters. The maximum absolute atomic E-state index is 12.3. The van der Waals surface area contributed by atoms with E-state index in [0.29, 0.717) is 36.0 Å². The zero-order chi connectivity index (χ0) is 17.1. The number of carbonyl (C=O) groups excluding carboxylic acids is 1. The monoisotopic (exact) mass is 349 g/mol. The van der Waals surface area contributed by atoms with E-state index in [0.717, 1.165) is 16.2 Å². The maximum atomic E-state index is 12.3. The molecule has 0 saturated carbocycles. The predicted octanol–water partition coefficient (Wildman–Crippen LogP) is 2.16. The average molecular weight is 349 g/mol. The molecule has 1 aliphatic heterocycles. The van der Waals surface area contributed by atoms with Crippen molar-refractivity contribution in [3.63, 3.8) is 0 Å². The van der Waals surface area contributed by atoms with Gasteiger partial charge >= 0.3 is 5.97 Å². The highest BCUT2D eigenvalue weighted by atomic mass is 32.1. The Balaban J connectivity index is 1.73. The van der Waals surface area contributed by atoms with Crippen LogP contribution < -0.4 is 19.5 Å². The molecule has 1 aliphatic rings. The van der Waals surface area contributed by atoms with Gasteiger partial charge in [0.1, 0.15) is 18.1 Å². The molecule has 0 spiro atoms. The molecule has 8 heteroatoms. The fourth-order valence-electron chi connectivity index (χ4n) is 2.26. The zero-order valence-electron chi connectivity index (χ0n) is 12.8. The molecular formula is C16H15NO6S. The van der Waals surface area contributed by atoms with E-state index < -0.39 is 5.97 Å². The smallest absolute Gasteiger partial charge is 0.345 e. The predicted molar refractivity (Wildman–Crippen MR) is 86.4 cm³/mol. The van der Waals surface area contributed by atoms with Gasteiger partial charge in [0.15, 0.2) is 11.5 Å². The Kier molecular flexibility index (Phi) is 4.57. The number of nitrogens with one attached hydrogen (secondary N) is 1. The molecule has 7 nitrogen and oxygen atoms in total. The van der Waals surface area contributed by atoms with Crippen molar-refractivity contribution in [1.82, 2.24) is 5.32 Å². The summed E-state index contributed by atoms with van der Waals surface area (Å²) in [6, 6.07) is 6.38. The Labute approximate surface area is 141 Å². The van der Waals surface area contributed by atoms with Gasteiger partial charge in [-0.25, -0.2) is 4.79 Å². The summed E-state index contributed by atoms with van der Waals surface area (Å²) >= 11 is 1.13. The third kappa shape index (κ3) is 3.28. The molecule has 0 fully saturated rings. The number of aromatic carboxylic acids is 1. The van der Waals surface area contributed by atoms with Crippen LogP contribution in [0.4, 0.5) is 0 Å². The largest absolute Gasteiger partial charge is 0.493 e. The van der Waals surface area contributed by atoms with Gasteiger partial charge in [-0.2, -0.15) is 0 Å². The molecule has 2 aromatic rings. The lowest BCUT2D eigenvalue weighted by molar-refractivity contribution is 0.0702. The minimum Gasteiger partial charge on any atom is -0.493 e. The number of rotatable bonds is 5. The van der Waals surface area contributed by atoms with E-state index in [1.165, 1.54) is 13.2 Å². The molecule has 2 heterocycles. The van der Waals surface area contributed by atoms with E-state index in [2.05, 4.69) is 5.32 Å². The second-order valence-corrected chi connectivity index (χ2v) is 6.12. The minimum absolute atomic E-state index is 0.236. The molecule has 2 N–H and O–H groups in total. The van der Waals surface area contributed by atoms with Crippen LogP contribution in [0.15, 0.2) is 24.3 Å². The first kappa shape index (κ1) is 16.1. The van der Waals surface area contributed by atoms with Crippen LogP contribution in [0.2, 0.25) is 0 Å². The Hall–Kier alpha value is -2.74. The molecule has 3 rings (SSSR count). The maximum Gasteiger partial charge on any atom is 0.345 e. The lowest BCUT2D eigenvalue weighted by Crippen LogP contribution is -2.23. The number of methoxy groups -OCH3 is 1. The van der Waals surface area contributed by atoms with Crippen molar-refractivity contribution >= 4 is 23.2 Å². The number of hydrogen-bond donors (Lipinski definition) is 2. The van der Waals surface area contributed by atoms with E-state index >= 15 is 0 Å². The van der Waals surface area contributed by atoms with Crippen LogP contribution in [0.1, 0.15) is 24.9 Å². The van der Waals surface area contributed by atoms with Gasteiger partial charge in [0.25, 0.3) is 5.91 Å². The van der Waals surface area contributed by atoms with Gasteiger partial charge in [-0.1, -0.05) is 0 Å². The van der Waals surface area contributed by atoms with Gasteiger partial charge < -0.3 is 24.6 Å². The molecule has 1 aromatic heterocycles. The highest BCUT2D eigenvalue weighted by Gasteiger charge is 2.21. The van der Waals surface area contributed by atoms with Gasteiger partial charge in [0.05, 0.1) is 13.7 Å². The van der Waals surface area contributed by atoms with Crippen molar-refractivity contribution in [3.05, 3.63) is 39.6 Å². The quantitative estimate of drug-likeness (QED) is 0.859. The Bertz CT molecular complexity index is 768. The first-order chi connectivity index (χ1) is 11.6. The topological polar surface area (TPSA) is 94.1 Å². The van der Waals surface area contributed by atoms with Crippen molar-refractivity contribution in [3.8, 4) is 17.2 Å². The van der Waals surface area contributed by atoms with Crippen LogP contribution in [-0.4, -0.2) is 37.3 Å². The van der Waals surface area contributed by atoms with Crippen LogP contribution in [-0.2, 0) is 6.54 Å². The van der Waals surface area contributed by atoms with E-state index in [-0.39, 0.29) is 17.3 Å². The third-order valence-corrected chi connectivity index (χ3v) is 4.46. The summed E-state index contributed by atoms with van der Waals surface area (Å²) in [5.74, 6) is 0.103. The number of benzene rings is 1. The standard InChI is InChI=1S/C16H15NO6S/c1-21-11-6-9(7-12-14(11)23-5-4-22-12)15(18)17-8-10-2-3-13(24-10)16(19)20/h2-3,6-7H,4-5,8H2,1H3,(H,17,18)(H,19,20). The molecule has 0 bridgehead atoms. The molecule has 126 valence electrons. The first-order valence-corrected chi connectivity index (χ1v) is 7.98. The van der Waals surface area contributed by atoms with Gasteiger partial charge in [-0.15, -0.1) is 11.3 Å². The van der Waals surface area contributed by atoms with Crippen molar-refractivity contribution < 1.29 is 28.9 Å². The molecule has 0 radical (unpaired) electrons. The summed E-state index contributed by atoms with van der Waals surface area (Å²) in [5, 5.41) is 11.7. The third-order valence-electron chi connectivity index (χ3n) is 3.39. The lowest BCUT2D eigenvalue weighted by atomic mass is 10.1. The van der Waals surface area contributed by atoms with Crippen LogP contribution in [0.5, 0.6) is 17.2 Å². The second-order valence-electron chi connectivity index (χ2n) is 4.96. The van der Waals surface area contributed by atoms with E-state index in [1.807, 2.05) is 0 Å². The van der Waals surface area contributed by atoms with Crippen molar-refractivity contribution in [2.75, 3.05) is 20.3 Å². The number of ether oxygens (including phenoxy) is 3. The van der Waals surface area contributed by atoms with Gasteiger partial charge in [0.2, 0.25) is 5.75 Å². The zero-order valence-corrected chi connectivity index (χ0v) is 13.6. The fraction of sp³-hybridized carbons (Fsp3) is 0.250. The van der Waals surface area contributed by atoms with Crippen LogP contribution in [0.25, 0.3) is 0 Å². The molecular weight excluding hydrogens is 334 g/mol. The summed E-state index contributed by atoms with van der Waals surface area (Å²) in [5.41, 5.74) is 0.381. The number of carbonyl (C=O) groups is 2. The first-order valence-electron chi connectivity index (χ1n) is 7.16. The van der Waals surface area contributed by atoms with Crippen molar-refractivity contribution in [2.24, 2.45) is 0 Å². The molecule has 1 amide bonds. The summed E-state index contributed by atoms with van der Waals surface area (Å²) in [4.78, 5) is 24.2. The highest BCUT2D eigenvalue weighted by molar-refractivity contribution is 7.13. The van der Waals surface area contributed by atoms with Gasteiger partial charge in [0, 0.05) is 10.4 Å². The van der Waals surface area contributed by atoms with Gasteiger partial charge in [-0.3, -0.25) is 4.79 Å². The van der Waals surface area contributed by atoms with E-state index in [4.69, 9.17) is 19.3 Å². The summed E-state index contributed by atoms with van der Waals surface area (Å²) in [6.07, 6.45) is 0. The van der Waals surface area contributed by atoms with Crippen LogP contribution in [0.3, 0.4) is 0 Å². The van der Waals surface area contributed by atoms with Crippen molar-refractivity contribution in [2.45, 2.75) is 6.54 Å². The second kappa shape index (κ2) is 6.79. The van der Waals surface area contributed by atoms with E-state index in [9.17, 15) is 9.59 Å². The Morgan fingerprint density at radius 3 is 2.79 bits per heavy atom. The molecule has 1 aromatic carbocycles. The minimum atomic E-state index is -0.978. The van der Waals surface area contributed by atoms with Crippen LogP contribution >= 0.6 is 11.3 Å². The molecule has 24 heavy (non-hydrogen) atoms. The number of amides is 1. The lowest BCUT2D eigenvalue weighted by Gasteiger charge is -2.21. The average Bonchev–Trinajstić information content (AvgIpc) is 3.08. The molecule has 0 saturated heterocycles. The number of hydrogen-bond acceptors (Lipinski definition) is 6. The Morgan fingerprint density at radius 2 is 2.08 bits per heavy atom. The summed E-state index contributed by atoms with van der Waals surface area (Å²) in [7, 11) is 1.49. The van der Waals surface area contributed by atoms with Crippen LogP contribution in [0, 0.1) is 0 Å². The normalized spacial score (nSPS) is 12.5. The SMILES string of the molecule is COc1cc(C(=O)NCc2ccc(C(=O)O)s2)cc2c1OCCO2. The number of thiophene rings is 1. The summed E-state index contributed by atoms with van der Waals surface area (Å²) < 4.78 is 16.2. The number of fused-ring (bicyclic) bond motifs is 1. The summed E-state index contributed by atoms with van der Waals surface area (Å²) in [6.45, 7) is 1.08. The fourth-order valence-corrected chi connectivity index (χ4v) is 3.05. The van der Waals surface area contributed by atoms with E-state index in [1.54, 1.807) is 18.2 Å². The van der Waals surface area contributed by atoms with Crippen molar-refractivity contribution in [1.29, 1.82) is 0 Å². The number of carboxylic acids is 1. The van der Waals surface area contributed by atoms with Gasteiger partial charge in [-0.05, 0) is 24.3 Å². The molecule has 0 aliphatic carbocycles.